The van der Waals surface area contributed by atoms with E-state index < -0.39 is 0 Å². The molecular formula is C3H8EuO. The predicted molar refractivity (Wildman–Crippen MR) is 17.4 cm³/mol. The van der Waals surface area contributed by atoms with E-state index >= 15 is 0 Å². The Morgan fingerprint density at radius 1 is 1.40 bits per heavy atom. The molecule has 2 heteroatoms. The zero-order valence-corrected chi connectivity index (χ0v) is 5.83. The van der Waals surface area contributed by atoms with Gasteiger partial charge in [0.25, 0.3) is 0 Å². The van der Waals surface area contributed by atoms with Crippen molar-refractivity contribution in [3.8, 4) is 0 Å². The average molecular weight is 212 g/mol. The summed E-state index contributed by atoms with van der Waals surface area (Å²) in [7, 11) is 0. The van der Waals surface area contributed by atoms with Crippen LogP contribution < -0.4 is 0 Å². The van der Waals surface area contributed by atoms with Crippen LogP contribution in [0.1, 0.15) is 13.8 Å². The van der Waals surface area contributed by atoms with Crippen LogP contribution in [0.15, 0.2) is 0 Å². The van der Waals surface area contributed by atoms with Gasteiger partial charge in [-0.1, -0.05) is 0 Å². The summed E-state index contributed by atoms with van der Waals surface area (Å²) in [4.78, 5) is 0. The molecule has 0 saturated heterocycles. The second-order valence-electron chi connectivity index (χ2n) is 1.09. The number of hydrogen-bond acceptors (Lipinski definition) is 1. The van der Waals surface area contributed by atoms with Crippen LogP contribution in [0.25, 0.3) is 0 Å². The third kappa shape index (κ3) is 29.2. The van der Waals surface area contributed by atoms with Crippen LogP contribution in [0.5, 0.6) is 0 Å². The minimum Gasteiger partial charge on any atom is -0.394 e. The van der Waals surface area contributed by atoms with E-state index in [0.717, 1.165) is 0 Å². The molecule has 0 atom stereocenters. The smallest absolute Gasteiger partial charge is 0.0483 e. The van der Waals surface area contributed by atoms with Crippen LogP contribution in [0.2, 0.25) is 0 Å². The summed E-state index contributed by atoms with van der Waals surface area (Å²) in [5.74, 6) is 0. The van der Waals surface area contributed by atoms with Gasteiger partial charge >= 0.3 is 0 Å². The topological polar surface area (TPSA) is 20.2 Å². The van der Waals surface area contributed by atoms with E-state index in [0.29, 0.717) is 0 Å². The molecule has 1 nitrogen and oxygen atoms in total. The van der Waals surface area contributed by atoms with Crippen molar-refractivity contribution in [2.75, 3.05) is 0 Å². The van der Waals surface area contributed by atoms with E-state index in [9.17, 15) is 0 Å². The van der Waals surface area contributed by atoms with Crippen LogP contribution in [0, 0.1) is 49.4 Å². The van der Waals surface area contributed by atoms with Crippen LogP contribution >= 0.6 is 0 Å². The van der Waals surface area contributed by atoms with Crippen molar-refractivity contribution in [3.05, 3.63) is 0 Å². The van der Waals surface area contributed by atoms with Crippen LogP contribution in [-0.4, -0.2) is 11.2 Å². The zero-order valence-electron chi connectivity index (χ0n) is 3.40. The average Bonchev–Trinajstić information content (AvgIpc) is 0.811. The van der Waals surface area contributed by atoms with Crippen molar-refractivity contribution in [2.24, 2.45) is 0 Å². The first-order valence-electron chi connectivity index (χ1n) is 1.41. The Bertz CT molecular complexity index is 11.6. The number of rotatable bonds is 0. The number of aliphatic hydroxyl groups excluding tert-OH is 1. The molecule has 0 unspecified atom stereocenters. The summed E-state index contributed by atoms with van der Waals surface area (Å²) >= 11 is 0. The van der Waals surface area contributed by atoms with Crippen molar-refractivity contribution >= 4 is 0 Å². The van der Waals surface area contributed by atoms with Gasteiger partial charge in [-0.3, -0.25) is 0 Å². The first-order valence-corrected chi connectivity index (χ1v) is 1.41. The van der Waals surface area contributed by atoms with Crippen molar-refractivity contribution in [1.29, 1.82) is 0 Å². The van der Waals surface area contributed by atoms with E-state index in [-0.39, 0.29) is 55.5 Å². The second kappa shape index (κ2) is 5.54. The maximum absolute atomic E-state index is 8.06. The van der Waals surface area contributed by atoms with Gasteiger partial charge < -0.3 is 5.11 Å². The summed E-state index contributed by atoms with van der Waals surface area (Å²) in [5, 5.41) is 8.06. The molecular weight excluding hydrogens is 204 g/mol. The zero-order chi connectivity index (χ0) is 3.58. The Kier molecular flexibility index (Phi) is 10.8. The molecule has 0 saturated carbocycles. The van der Waals surface area contributed by atoms with Crippen LogP contribution in [-0.2, 0) is 0 Å². The molecule has 1 N–H and O–H groups in total. The minimum atomic E-state index is -0.167. The molecule has 0 rings (SSSR count). The third-order valence-corrected chi connectivity index (χ3v) is 0. The van der Waals surface area contributed by atoms with E-state index in [1.54, 1.807) is 13.8 Å². The molecule has 0 aliphatic rings. The minimum absolute atomic E-state index is 0. The molecule has 0 fully saturated rings. The van der Waals surface area contributed by atoms with Gasteiger partial charge in [-0.2, -0.15) is 0 Å². The fraction of sp³-hybridized carbons (Fsp3) is 1.00. The first kappa shape index (κ1) is 9.74. The Morgan fingerprint density at radius 3 is 1.40 bits per heavy atom. The molecule has 5 heavy (non-hydrogen) atoms. The fourth-order valence-electron chi connectivity index (χ4n) is 0. The van der Waals surface area contributed by atoms with Gasteiger partial charge in [0, 0.05) is 55.5 Å². The third-order valence-electron chi connectivity index (χ3n) is 0. The number of aliphatic hydroxyl groups is 1. The van der Waals surface area contributed by atoms with E-state index in [2.05, 4.69) is 0 Å². The summed E-state index contributed by atoms with van der Waals surface area (Å²) < 4.78 is 0. The number of hydrogen-bond donors (Lipinski definition) is 1. The Hall–Kier alpha value is 1.54. The molecule has 0 bridgehead atoms. The second-order valence-corrected chi connectivity index (χ2v) is 1.09. The quantitative estimate of drug-likeness (QED) is 0.615. The normalized spacial score (nSPS) is 7.20. The van der Waals surface area contributed by atoms with Gasteiger partial charge in [0.05, 0.1) is 0 Å². The van der Waals surface area contributed by atoms with Crippen molar-refractivity contribution in [1.82, 2.24) is 0 Å². The summed E-state index contributed by atoms with van der Waals surface area (Å²) in [6.45, 7) is 3.44. The molecule has 0 heterocycles. The largest absolute Gasteiger partial charge is 0.394 e. The van der Waals surface area contributed by atoms with Gasteiger partial charge in [-0.15, -0.1) is 0 Å². The van der Waals surface area contributed by atoms with Gasteiger partial charge in [-0.25, -0.2) is 0 Å². The summed E-state index contributed by atoms with van der Waals surface area (Å²) in [6, 6.07) is 0. The molecule has 0 amide bonds. The van der Waals surface area contributed by atoms with Crippen molar-refractivity contribution in [2.45, 2.75) is 20.0 Å². The SMILES string of the molecule is CC(C)O.[Eu]. The molecule has 0 aliphatic carbocycles. The molecule has 0 aliphatic heterocycles. The summed E-state index contributed by atoms with van der Waals surface area (Å²) in [5.41, 5.74) is 0. The van der Waals surface area contributed by atoms with Crippen molar-refractivity contribution < 1.29 is 54.5 Å². The predicted octanol–water partition coefficient (Wildman–Crippen LogP) is 0.387. The molecule has 1 radical (unpaired) electrons. The fourth-order valence-corrected chi connectivity index (χ4v) is 0. The van der Waals surface area contributed by atoms with Crippen molar-refractivity contribution in [3.63, 3.8) is 0 Å². The molecule has 0 aromatic carbocycles. The first-order chi connectivity index (χ1) is 1.73. The van der Waals surface area contributed by atoms with Crippen LogP contribution in [0.3, 0.4) is 0 Å². The van der Waals surface area contributed by atoms with E-state index in [1.165, 1.54) is 0 Å². The van der Waals surface area contributed by atoms with Gasteiger partial charge in [0.1, 0.15) is 0 Å². The van der Waals surface area contributed by atoms with E-state index in [1.807, 2.05) is 0 Å². The molecule has 33 valence electrons. The Balaban J connectivity index is 0. The molecule has 0 aromatic rings. The molecule has 0 aromatic heterocycles. The molecule has 0 spiro atoms. The summed E-state index contributed by atoms with van der Waals surface area (Å²) in [6.07, 6.45) is -0.167. The van der Waals surface area contributed by atoms with E-state index in [4.69, 9.17) is 5.11 Å². The van der Waals surface area contributed by atoms with Gasteiger partial charge in [0.2, 0.25) is 0 Å². The Labute approximate surface area is 73.3 Å². The Morgan fingerprint density at radius 2 is 1.40 bits per heavy atom. The maximum atomic E-state index is 8.06. The maximum Gasteiger partial charge on any atom is 0.0483 e. The van der Waals surface area contributed by atoms with Gasteiger partial charge in [-0.05, 0) is 13.8 Å². The van der Waals surface area contributed by atoms with Gasteiger partial charge in [0.15, 0.2) is 0 Å². The van der Waals surface area contributed by atoms with Crippen LogP contribution in [0.4, 0.5) is 0 Å². The monoisotopic (exact) mass is 213 g/mol. The standard InChI is InChI=1S/C3H8O.Eu/c1-3(2)4;/h3-4H,1-2H3;.